The van der Waals surface area contributed by atoms with Gasteiger partial charge < -0.3 is 5.32 Å². The highest BCUT2D eigenvalue weighted by Crippen LogP contribution is 2.28. The van der Waals surface area contributed by atoms with Crippen LogP contribution in [0.4, 0.5) is 0 Å². The van der Waals surface area contributed by atoms with Crippen molar-refractivity contribution in [3.8, 4) is 0 Å². The first-order chi connectivity index (χ1) is 9.60. The van der Waals surface area contributed by atoms with Crippen molar-refractivity contribution >= 4 is 17.5 Å². The van der Waals surface area contributed by atoms with Gasteiger partial charge in [-0.1, -0.05) is 37.8 Å². The van der Waals surface area contributed by atoms with E-state index in [0.29, 0.717) is 16.6 Å². The summed E-state index contributed by atoms with van der Waals surface area (Å²) in [5.41, 5.74) is 1.38. The normalized spacial score (nSPS) is 17.8. The quantitative estimate of drug-likeness (QED) is 0.848. The molecule has 110 valence electrons. The van der Waals surface area contributed by atoms with Gasteiger partial charge in [0, 0.05) is 17.3 Å². The van der Waals surface area contributed by atoms with Gasteiger partial charge in [-0.25, -0.2) is 4.98 Å². The average Bonchev–Trinajstić information content (AvgIpc) is 2.44. The third kappa shape index (κ3) is 3.95. The number of carbonyl (C=O) groups excluding carboxylic acids is 1. The Morgan fingerprint density at radius 2 is 2.10 bits per heavy atom. The van der Waals surface area contributed by atoms with E-state index in [4.69, 9.17) is 11.6 Å². The predicted octanol–water partition coefficient (Wildman–Crippen LogP) is 4.13. The maximum Gasteiger partial charge on any atom is 0.251 e. The molecule has 1 aliphatic rings. The molecule has 1 amide bonds. The summed E-state index contributed by atoms with van der Waals surface area (Å²) < 4.78 is 0. The average molecular weight is 295 g/mol. The van der Waals surface area contributed by atoms with Gasteiger partial charge in [0.2, 0.25) is 0 Å². The fraction of sp³-hybridized carbons (Fsp3) is 0.625. The Bertz CT molecular complexity index is 449. The van der Waals surface area contributed by atoms with E-state index in [2.05, 4.69) is 17.2 Å². The molecule has 1 fully saturated rings. The van der Waals surface area contributed by atoms with Crippen molar-refractivity contribution in [1.29, 1.82) is 0 Å². The third-order valence-corrected chi connectivity index (χ3v) is 4.35. The minimum absolute atomic E-state index is 0.0326. The summed E-state index contributed by atoms with van der Waals surface area (Å²) in [7, 11) is 0. The molecule has 1 saturated carbocycles. The van der Waals surface area contributed by atoms with Gasteiger partial charge in [-0.3, -0.25) is 4.79 Å². The zero-order chi connectivity index (χ0) is 14.5. The number of hydrogen-bond acceptors (Lipinski definition) is 2. The molecule has 1 unspecified atom stereocenters. The molecular formula is C16H23ClN2O. The molecule has 1 aromatic rings. The Hall–Kier alpha value is -1.09. The van der Waals surface area contributed by atoms with Crippen LogP contribution in [0, 0.1) is 12.8 Å². The Morgan fingerprint density at radius 3 is 2.70 bits per heavy atom. The number of aryl methyl sites for hydroxylation is 1. The Kier molecular flexibility index (Phi) is 5.41. The molecule has 4 heteroatoms. The van der Waals surface area contributed by atoms with Crippen molar-refractivity contribution < 1.29 is 4.79 Å². The van der Waals surface area contributed by atoms with Crippen molar-refractivity contribution in [2.45, 2.75) is 58.4 Å². The number of nitrogens with zero attached hydrogens (tertiary/aromatic N) is 1. The van der Waals surface area contributed by atoms with Crippen molar-refractivity contribution in [3.05, 3.63) is 28.5 Å². The summed E-state index contributed by atoms with van der Waals surface area (Å²) in [6.45, 7) is 3.99. The fourth-order valence-corrected chi connectivity index (χ4v) is 3.35. The summed E-state index contributed by atoms with van der Waals surface area (Å²) in [6, 6.07) is 3.70. The molecular weight excluding hydrogens is 272 g/mol. The van der Waals surface area contributed by atoms with Crippen molar-refractivity contribution in [2.24, 2.45) is 5.92 Å². The molecule has 0 bridgehead atoms. The van der Waals surface area contributed by atoms with E-state index in [1.165, 1.54) is 32.1 Å². The number of nitrogens with one attached hydrogen (secondary N) is 1. The van der Waals surface area contributed by atoms with Crippen LogP contribution < -0.4 is 5.32 Å². The van der Waals surface area contributed by atoms with Crippen LogP contribution in [-0.2, 0) is 0 Å². The van der Waals surface area contributed by atoms with Gasteiger partial charge in [0.15, 0.2) is 0 Å². The fourth-order valence-electron chi connectivity index (χ4n) is 3.10. The van der Waals surface area contributed by atoms with Crippen LogP contribution in [0.2, 0.25) is 5.15 Å². The molecule has 20 heavy (non-hydrogen) atoms. The lowest BCUT2D eigenvalue weighted by atomic mass is 9.83. The molecule has 1 aromatic heterocycles. The highest BCUT2D eigenvalue weighted by molar-refractivity contribution is 6.29. The van der Waals surface area contributed by atoms with Gasteiger partial charge in [-0.05, 0) is 44.2 Å². The summed E-state index contributed by atoms with van der Waals surface area (Å²) in [5.74, 6) is 0.589. The Morgan fingerprint density at radius 1 is 1.40 bits per heavy atom. The number of hydrogen-bond donors (Lipinski definition) is 1. The van der Waals surface area contributed by atoms with Crippen LogP contribution >= 0.6 is 11.6 Å². The lowest BCUT2D eigenvalue weighted by molar-refractivity contribution is 0.0911. The summed E-state index contributed by atoms with van der Waals surface area (Å²) in [4.78, 5) is 16.5. The number of pyridine rings is 1. The van der Waals surface area contributed by atoms with E-state index < -0.39 is 0 Å². The summed E-state index contributed by atoms with van der Waals surface area (Å²) in [6.07, 6.45) is 7.35. The standard InChI is InChI=1S/C16H23ClN2O/c1-3-14(12-7-5-4-6-8-12)19-16(20)13-9-11(2)18-15(17)10-13/h9-10,12,14H,3-8H2,1-2H3,(H,19,20). The van der Waals surface area contributed by atoms with E-state index in [9.17, 15) is 4.79 Å². The molecule has 0 radical (unpaired) electrons. The van der Waals surface area contributed by atoms with Crippen molar-refractivity contribution in [3.63, 3.8) is 0 Å². The van der Waals surface area contributed by atoms with E-state index in [-0.39, 0.29) is 11.9 Å². The van der Waals surface area contributed by atoms with Crippen LogP contribution in [0.15, 0.2) is 12.1 Å². The first-order valence-corrected chi connectivity index (χ1v) is 7.93. The van der Waals surface area contributed by atoms with E-state index in [1.54, 1.807) is 12.1 Å². The minimum Gasteiger partial charge on any atom is -0.349 e. The van der Waals surface area contributed by atoms with Gasteiger partial charge in [-0.2, -0.15) is 0 Å². The second kappa shape index (κ2) is 7.07. The lowest BCUT2D eigenvalue weighted by Crippen LogP contribution is -2.40. The first kappa shape index (κ1) is 15.3. The van der Waals surface area contributed by atoms with E-state index in [1.807, 2.05) is 6.92 Å². The number of amides is 1. The van der Waals surface area contributed by atoms with Gasteiger partial charge >= 0.3 is 0 Å². The molecule has 1 heterocycles. The maximum absolute atomic E-state index is 12.4. The number of rotatable bonds is 4. The largest absolute Gasteiger partial charge is 0.349 e. The molecule has 2 rings (SSSR count). The smallest absolute Gasteiger partial charge is 0.251 e. The zero-order valence-electron chi connectivity index (χ0n) is 12.3. The third-order valence-electron chi connectivity index (χ3n) is 4.16. The SMILES string of the molecule is CCC(NC(=O)c1cc(C)nc(Cl)c1)C1CCCCC1. The van der Waals surface area contributed by atoms with Crippen LogP contribution in [-0.4, -0.2) is 16.9 Å². The maximum atomic E-state index is 12.4. The molecule has 1 N–H and O–H groups in total. The number of carbonyl (C=O) groups is 1. The summed E-state index contributed by atoms with van der Waals surface area (Å²) >= 11 is 5.92. The van der Waals surface area contributed by atoms with Crippen LogP contribution in [0.1, 0.15) is 61.5 Å². The molecule has 1 atom stereocenters. The Labute approximate surface area is 126 Å². The minimum atomic E-state index is -0.0326. The van der Waals surface area contributed by atoms with Crippen LogP contribution in [0.3, 0.4) is 0 Å². The molecule has 0 spiro atoms. The van der Waals surface area contributed by atoms with Gasteiger partial charge in [0.25, 0.3) is 5.91 Å². The molecule has 3 nitrogen and oxygen atoms in total. The van der Waals surface area contributed by atoms with Gasteiger partial charge in [0.1, 0.15) is 5.15 Å². The second-order valence-electron chi connectivity index (χ2n) is 5.71. The first-order valence-electron chi connectivity index (χ1n) is 7.55. The second-order valence-corrected chi connectivity index (χ2v) is 6.09. The summed E-state index contributed by atoms with van der Waals surface area (Å²) in [5, 5.41) is 3.56. The Balaban J connectivity index is 2.04. The monoisotopic (exact) mass is 294 g/mol. The molecule has 0 saturated heterocycles. The zero-order valence-corrected chi connectivity index (χ0v) is 13.0. The molecule has 1 aliphatic carbocycles. The van der Waals surface area contributed by atoms with E-state index in [0.717, 1.165) is 12.1 Å². The highest BCUT2D eigenvalue weighted by atomic mass is 35.5. The highest BCUT2D eigenvalue weighted by Gasteiger charge is 2.24. The number of halogens is 1. The topological polar surface area (TPSA) is 42.0 Å². The molecule has 0 aromatic carbocycles. The predicted molar refractivity (Wildman–Crippen MR) is 82.1 cm³/mol. The van der Waals surface area contributed by atoms with E-state index >= 15 is 0 Å². The van der Waals surface area contributed by atoms with Gasteiger partial charge in [0.05, 0.1) is 0 Å². The van der Waals surface area contributed by atoms with Gasteiger partial charge in [-0.15, -0.1) is 0 Å². The molecule has 0 aliphatic heterocycles. The number of aromatic nitrogens is 1. The van der Waals surface area contributed by atoms with Crippen molar-refractivity contribution in [2.75, 3.05) is 0 Å². The van der Waals surface area contributed by atoms with Crippen molar-refractivity contribution in [1.82, 2.24) is 10.3 Å². The van der Waals surface area contributed by atoms with Crippen LogP contribution in [0.25, 0.3) is 0 Å². The van der Waals surface area contributed by atoms with Crippen LogP contribution in [0.5, 0.6) is 0 Å². The lowest BCUT2D eigenvalue weighted by Gasteiger charge is -2.30.